The molecule has 0 unspecified atom stereocenters. The second kappa shape index (κ2) is 6.67. The molecule has 120 valence electrons. The van der Waals surface area contributed by atoms with E-state index in [2.05, 4.69) is 16.7 Å². The number of ether oxygens (including phenoxy) is 1. The van der Waals surface area contributed by atoms with Gasteiger partial charge in [-0.25, -0.2) is 4.79 Å². The SMILES string of the molecule is CC(C)(C)OC(=O)NC1(CNCc2ccc(C#N)s2)CCC1. The number of nitriles is 1. The Labute approximate surface area is 135 Å². The van der Waals surface area contributed by atoms with E-state index in [0.717, 1.165) is 29.0 Å². The fraction of sp³-hybridized carbons (Fsp3) is 0.625. The van der Waals surface area contributed by atoms with Gasteiger partial charge in [0.05, 0.1) is 5.54 Å². The molecule has 0 saturated heterocycles. The van der Waals surface area contributed by atoms with E-state index < -0.39 is 5.60 Å². The van der Waals surface area contributed by atoms with Crippen LogP contribution in [-0.4, -0.2) is 23.8 Å². The number of alkyl carbamates (subject to hydrolysis) is 1. The quantitative estimate of drug-likeness (QED) is 0.873. The van der Waals surface area contributed by atoms with Gasteiger partial charge in [-0.2, -0.15) is 5.26 Å². The van der Waals surface area contributed by atoms with Crippen molar-refractivity contribution < 1.29 is 9.53 Å². The highest BCUT2D eigenvalue weighted by Crippen LogP contribution is 2.31. The molecule has 1 aromatic heterocycles. The molecule has 2 rings (SSSR count). The molecule has 0 bridgehead atoms. The number of thiophene rings is 1. The summed E-state index contributed by atoms with van der Waals surface area (Å²) < 4.78 is 5.34. The molecule has 22 heavy (non-hydrogen) atoms. The van der Waals surface area contributed by atoms with Crippen molar-refractivity contribution in [2.45, 2.75) is 57.7 Å². The minimum Gasteiger partial charge on any atom is -0.444 e. The van der Waals surface area contributed by atoms with E-state index in [1.165, 1.54) is 11.3 Å². The van der Waals surface area contributed by atoms with Crippen molar-refractivity contribution in [2.24, 2.45) is 0 Å². The zero-order chi connectivity index (χ0) is 16.2. The molecule has 6 heteroatoms. The third-order valence-electron chi connectivity index (χ3n) is 3.61. The second-order valence-electron chi connectivity index (χ2n) is 6.74. The smallest absolute Gasteiger partial charge is 0.408 e. The molecule has 0 radical (unpaired) electrons. The van der Waals surface area contributed by atoms with Crippen molar-refractivity contribution in [1.82, 2.24) is 10.6 Å². The normalized spacial score (nSPS) is 16.5. The third kappa shape index (κ3) is 4.72. The van der Waals surface area contributed by atoms with Gasteiger partial charge >= 0.3 is 6.09 Å². The van der Waals surface area contributed by atoms with Gasteiger partial charge in [-0.3, -0.25) is 0 Å². The number of amides is 1. The lowest BCUT2D eigenvalue weighted by molar-refractivity contribution is 0.0382. The molecule has 1 saturated carbocycles. The molecule has 1 fully saturated rings. The number of nitrogens with zero attached hydrogens (tertiary/aromatic N) is 1. The Morgan fingerprint density at radius 1 is 1.45 bits per heavy atom. The summed E-state index contributed by atoms with van der Waals surface area (Å²) in [6.45, 7) is 7.02. The number of carbonyl (C=O) groups is 1. The maximum atomic E-state index is 11.9. The molecule has 2 N–H and O–H groups in total. The van der Waals surface area contributed by atoms with Crippen LogP contribution < -0.4 is 10.6 Å². The molecule has 1 aliphatic carbocycles. The van der Waals surface area contributed by atoms with Gasteiger partial charge in [0.25, 0.3) is 0 Å². The van der Waals surface area contributed by atoms with Gasteiger partial charge in [0, 0.05) is 18.0 Å². The van der Waals surface area contributed by atoms with Crippen LogP contribution in [0.3, 0.4) is 0 Å². The van der Waals surface area contributed by atoms with Gasteiger partial charge in [-0.1, -0.05) is 0 Å². The summed E-state index contributed by atoms with van der Waals surface area (Å²) in [7, 11) is 0. The number of carbonyl (C=O) groups excluding carboxylic acids is 1. The van der Waals surface area contributed by atoms with Crippen LogP contribution in [0.2, 0.25) is 0 Å². The largest absolute Gasteiger partial charge is 0.444 e. The molecule has 0 aliphatic heterocycles. The first-order valence-corrected chi connectivity index (χ1v) is 8.34. The first kappa shape index (κ1) is 16.8. The van der Waals surface area contributed by atoms with Crippen molar-refractivity contribution >= 4 is 17.4 Å². The van der Waals surface area contributed by atoms with Crippen molar-refractivity contribution in [3.63, 3.8) is 0 Å². The maximum Gasteiger partial charge on any atom is 0.408 e. The first-order valence-electron chi connectivity index (χ1n) is 7.53. The van der Waals surface area contributed by atoms with E-state index in [-0.39, 0.29) is 11.6 Å². The molecule has 1 amide bonds. The first-order chi connectivity index (χ1) is 10.3. The zero-order valence-electron chi connectivity index (χ0n) is 13.4. The van der Waals surface area contributed by atoms with Crippen molar-refractivity contribution in [3.8, 4) is 6.07 Å². The fourth-order valence-corrected chi connectivity index (χ4v) is 3.20. The van der Waals surface area contributed by atoms with Crippen molar-refractivity contribution in [1.29, 1.82) is 5.26 Å². The summed E-state index contributed by atoms with van der Waals surface area (Å²) in [4.78, 5) is 13.8. The molecule has 1 aromatic rings. The zero-order valence-corrected chi connectivity index (χ0v) is 14.2. The Hall–Kier alpha value is -1.58. The average Bonchev–Trinajstić information content (AvgIpc) is 2.81. The van der Waals surface area contributed by atoms with Crippen LogP contribution in [0.1, 0.15) is 49.8 Å². The van der Waals surface area contributed by atoms with Gasteiger partial charge in [0.2, 0.25) is 0 Å². The molecule has 5 nitrogen and oxygen atoms in total. The number of nitrogens with one attached hydrogen (secondary N) is 2. The monoisotopic (exact) mass is 321 g/mol. The highest BCUT2D eigenvalue weighted by atomic mass is 32.1. The van der Waals surface area contributed by atoms with Crippen LogP contribution in [0.4, 0.5) is 4.79 Å². The Kier molecular flexibility index (Phi) is 5.09. The minimum absolute atomic E-state index is 0.197. The van der Waals surface area contributed by atoms with Gasteiger partial charge < -0.3 is 15.4 Å². The molecule has 0 aromatic carbocycles. The third-order valence-corrected chi connectivity index (χ3v) is 4.60. The standard InChI is InChI=1S/C16H23N3O2S/c1-15(2,3)21-14(20)19-16(7-4-8-16)11-18-10-13-6-5-12(9-17)22-13/h5-6,18H,4,7-8,10-11H2,1-3H3,(H,19,20). The van der Waals surface area contributed by atoms with Crippen LogP contribution >= 0.6 is 11.3 Å². The lowest BCUT2D eigenvalue weighted by atomic mass is 9.76. The summed E-state index contributed by atoms with van der Waals surface area (Å²) in [5.41, 5.74) is -0.676. The van der Waals surface area contributed by atoms with Crippen LogP contribution in [0.25, 0.3) is 0 Å². The lowest BCUT2D eigenvalue weighted by Crippen LogP contribution is -2.59. The van der Waals surface area contributed by atoms with E-state index in [9.17, 15) is 4.79 Å². The number of rotatable bonds is 5. The maximum absolute atomic E-state index is 11.9. The molecule has 0 spiro atoms. The Morgan fingerprint density at radius 2 is 2.18 bits per heavy atom. The van der Waals surface area contributed by atoms with E-state index in [1.54, 1.807) is 0 Å². The fourth-order valence-electron chi connectivity index (χ4n) is 2.43. The molecule has 1 heterocycles. The molecule has 1 aliphatic rings. The van der Waals surface area contributed by atoms with Crippen LogP contribution in [-0.2, 0) is 11.3 Å². The number of hydrogen-bond acceptors (Lipinski definition) is 5. The average molecular weight is 321 g/mol. The Bertz CT molecular complexity index is 565. The Balaban J connectivity index is 1.81. The minimum atomic E-state index is -0.479. The summed E-state index contributed by atoms with van der Waals surface area (Å²) in [5, 5.41) is 15.2. The molecule has 0 atom stereocenters. The van der Waals surface area contributed by atoms with E-state index in [0.29, 0.717) is 13.1 Å². The van der Waals surface area contributed by atoms with E-state index in [1.807, 2.05) is 32.9 Å². The van der Waals surface area contributed by atoms with Gasteiger partial charge in [-0.05, 0) is 52.2 Å². The lowest BCUT2D eigenvalue weighted by Gasteiger charge is -2.42. The van der Waals surface area contributed by atoms with Crippen LogP contribution in [0.15, 0.2) is 12.1 Å². The summed E-state index contributed by atoms with van der Waals surface area (Å²) in [5.74, 6) is 0. The van der Waals surface area contributed by atoms with Crippen LogP contribution in [0.5, 0.6) is 0 Å². The predicted molar refractivity (Wildman–Crippen MR) is 86.7 cm³/mol. The highest BCUT2D eigenvalue weighted by molar-refractivity contribution is 7.12. The summed E-state index contributed by atoms with van der Waals surface area (Å²) >= 11 is 1.50. The van der Waals surface area contributed by atoms with Gasteiger partial charge in [0.1, 0.15) is 16.5 Å². The second-order valence-corrected chi connectivity index (χ2v) is 7.91. The van der Waals surface area contributed by atoms with E-state index in [4.69, 9.17) is 10.00 Å². The molecular weight excluding hydrogens is 298 g/mol. The van der Waals surface area contributed by atoms with Crippen LogP contribution in [0, 0.1) is 11.3 Å². The summed E-state index contributed by atoms with van der Waals surface area (Å²) in [6.07, 6.45) is 2.70. The Morgan fingerprint density at radius 3 is 2.68 bits per heavy atom. The highest BCUT2D eigenvalue weighted by Gasteiger charge is 2.39. The van der Waals surface area contributed by atoms with Crippen molar-refractivity contribution in [2.75, 3.05) is 6.54 Å². The summed E-state index contributed by atoms with van der Waals surface area (Å²) in [6, 6.07) is 5.94. The van der Waals surface area contributed by atoms with Gasteiger partial charge in [0.15, 0.2) is 0 Å². The topological polar surface area (TPSA) is 74.2 Å². The predicted octanol–water partition coefficient (Wildman–Crippen LogP) is 3.16. The van der Waals surface area contributed by atoms with Crippen molar-refractivity contribution in [3.05, 3.63) is 21.9 Å². The van der Waals surface area contributed by atoms with E-state index >= 15 is 0 Å². The van der Waals surface area contributed by atoms with Gasteiger partial charge in [-0.15, -0.1) is 11.3 Å². The number of hydrogen-bond donors (Lipinski definition) is 2. The molecular formula is C16H23N3O2S.